The van der Waals surface area contributed by atoms with Gasteiger partial charge < -0.3 is 31.3 Å². The van der Waals surface area contributed by atoms with Gasteiger partial charge in [-0.15, -0.1) is 0 Å². The van der Waals surface area contributed by atoms with Crippen molar-refractivity contribution >= 4 is 17.5 Å². The van der Waals surface area contributed by atoms with Gasteiger partial charge in [0.1, 0.15) is 11.5 Å². The van der Waals surface area contributed by atoms with Crippen LogP contribution in [0.25, 0.3) is 0 Å². The van der Waals surface area contributed by atoms with Crippen LogP contribution in [0.5, 0.6) is 11.5 Å². The standard InChI is InChI=1S/C22H29N3O5/c1-14(11-16-3-6-18(27)7-4-16)24-13-21(29)17-5-8-20(28)19(12-17)25-22(30)9-10-23-15(2)26/h3-8,12,14,21,24,27-29H,9-11,13H2,1-2H3,(H,23,26)(H,25,30). The summed E-state index contributed by atoms with van der Waals surface area (Å²) in [7, 11) is 0. The maximum absolute atomic E-state index is 12.0. The van der Waals surface area contributed by atoms with Gasteiger partial charge in [-0.2, -0.15) is 0 Å². The first-order chi connectivity index (χ1) is 14.2. The summed E-state index contributed by atoms with van der Waals surface area (Å²) in [6, 6.07) is 11.6. The van der Waals surface area contributed by atoms with Gasteiger partial charge in [-0.05, 0) is 48.7 Å². The van der Waals surface area contributed by atoms with Gasteiger partial charge >= 0.3 is 0 Å². The van der Waals surface area contributed by atoms with Crippen molar-refractivity contribution < 1.29 is 24.9 Å². The van der Waals surface area contributed by atoms with E-state index < -0.39 is 6.10 Å². The van der Waals surface area contributed by atoms with Crippen LogP contribution in [0.1, 0.15) is 37.5 Å². The first kappa shape index (κ1) is 23.2. The van der Waals surface area contributed by atoms with E-state index in [2.05, 4.69) is 16.0 Å². The van der Waals surface area contributed by atoms with Gasteiger partial charge in [-0.1, -0.05) is 18.2 Å². The number of phenols is 2. The summed E-state index contributed by atoms with van der Waals surface area (Å²) in [6.07, 6.45) is -0.0248. The van der Waals surface area contributed by atoms with E-state index in [1.165, 1.54) is 19.1 Å². The lowest BCUT2D eigenvalue weighted by Gasteiger charge is -2.18. The Labute approximate surface area is 175 Å². The van der Waals surface area contributed by atoms with Gasteiger partial charge in [0.2, 0.25) is 11.8 Å². The van der Waals surface area contributed by atoms with Gasteiger partial charge in [0, 0.05) is 32.5 Å². The average molecular weight is 415 g/mol. The molecule has 0 aliphatic heterocycles. The summed E-state index contributed by atoms with van der Waals surface area (Å²) in [5.41, 5.74) is 1.82. The van der Waals surface area contributed by atoms with Crippen LogP contribution in [-0.4, -0.2) is 46.3 Å². The fraction of sp³-hybridized carbons (Fsp3) is 0.364. The molecule has 0 radical (unpaired) electrons. The number of aromatic hydroxyl groups is 2. The molecule has 162 valence electrons. The second kappa shape index (κ2) is 11.2. The molecule has 0 aromatic heterocycles. The van der Waals surface area contributed by atoms with Gasteiger partial charge in [-0.3, -0.25) is 9.59 Å². The highest BCUT2D eigenvalue weighted by molar-refractivity contribution is 5.92. The molecule has 0 spiro atoms. The summed E-state index contributed by atoms with van der Waals surface area (Å²) in [6.45, 7) is 3.86. The monoisotopic (exact) mass is 415 g/mol. The second-order valence-electron chi connectivity index (χ2n) is 7.25. The molecule has 2 atom stereocenters. The number of hydrogen-bond donors (Lipinski definition) is 6. The Hall–Kier alpha value is -3.10. The SMILES string of the molecule is CC(=O)NCCC(=O)Nc1cc(C(O)CNC(C)Cc2ccc(O)cc2)ccc1O. The number of carbonyl (C=O) groups excluding carboxylic acids is 2. The van der Waals surface area contributed by atoms with E-state index in [0.717, 1.165) is 12.0 Å². The molecule has 6 N–H and O–H groups in total. The molecule has 8 nitrogen and oxygen atoms in total. The summed E-state index contributed by atoms with van der Waals surface area (Å²) in [5, 5.41) is 38.2. The highest BCUT2D eigenvalue weighted by Gasteiger charge is 2.14. The van der Waals surface area contributed by atoms with Crippen molar-refractivity contribution in [1.29, 1.82) is 0 Å². The molecule has 0 heterocycles. The van der Waals surface area contributed by atoms with Crippen molar-refractivity contribution in [2.24, 2.45) is 0 Å². The Balaban J connectivity index is 1.88. The topological polar surface area (TPSA) is 131 Å². The Morgan fingerprint density at radius 3 is 2.43 bits per heavy atom. The Morgan fingerprint density at radius 2 is 1.77 bits per heavy atom. The number of aliphatic hydroxyl groups is 1. The number of nitrogens with one attached hydrogen (secondary N) is 3. The fourth-order valence-corrected chi connectivity index (χ4v) is 2.91. The van der Waals surface area contributed by atoms with E-state index in [9.17, 15) is 24.9 Å². The third kappa shape index (κ3) is 7.73. The van der Waals surface area contributed by atoms with E-state index in [1.54, 1.807) is 18.2 Å². The van der Waals surface area contributed by atoms with Crippen molar-refractivity contribution in [2.75, 3.05) is 18.4 Å². The normalized spacial score (nSPS) is 12.8. The van der Waals surface area contributed by atoms with Crippen molar-refractivity contribution in [3.8, 4) is 11.5 Å². The lowest BCUT2D eigenvalue weighted by Crippen LogP contribution is -2.32. The third-order valence-electron chi connectivity index (χ3n) is 4.54. The van der Waals surface area contributed by atoms with Crippen LogP contribution in [0.4, 0.5) is 5.69 Å². The zero-order chi connectivity index (χ0) is 22.1. The molecule has 0 saturated carbocycles. The Morgan fingerprint density at radius 1 is 1.07 bits per heavy atom. The van der Waals surface area contributed by atoms with Crippen LogP contribution in [0.2, 0.25) is 0 Å². The van der Waals surface area contributed by atoms with E-state index >= 15 is 0 Å². The number of amides is 2. The summed E-state index contributed by atoms with van der Waals surface area (Å²) < 4.78 is 0. The molecular weight excluding hydrogens is 386 g/mol. The van der Waals surface area contributed by atoms with E-state index in [0.29, 0.717) is 12.1 Å². The minimum absolute atomic E-state index is 0.0716. The minimum atomic E-state index is -0.831. The van der Waals surface area contributed by atoms with Crippen LogP contribution in [0.15, 0.2) is 42.5 Å². The summed E-state index contributed by atoms with van der Waals surface area (Å²) >= 11 is 0. The number of benzene rings is 2. The largest absolute Gasteiger partial charge is 0.508 e. The predicted molar refractivity (Wildman–Crippen MR) is 114 cm³/mol. The molecule has 0 saturated heterocycles. The molecule has 30 heavy (non-hydrogen) atoms. The van der Waals surface area contributed by atoms with Gasteiger partial charge in [0.15, 0.2) is 0 Å². The number of anilines is 1. The highest BCUT2D eigenvalue weighted by atomic mass is 16.3. The quantitative estimate of drug-likeness (QED) is 0.328. The van der Waals surface area contributed by atoms with Crippen LogP contribution < -0.4 is 16.0 Å². The second-order valence-corrected chi connectivity index (χ2v) is 7.25. The number of hydrogen-bond acceptors (Lipinski definition) is 6. The molecule has 2 unspecified atom stereocenters. The molecule has 2 aromatic rings. The lowest BCUT2D eigenvalue weighted by molar-refractivity contribution is -0.119. The molecule has 2 aromatic carbocycles. The third-order valence-corrected chi connectivity index (χ3v) is 4.54. The highest BCUT2D eigenvalue weighted by Crippen LogP contribution is 2.27. The first-order valence-electron chi connectivity index (χ1n) is 9.81. The van der Waals surface area contributed by atoms with Crippen LogP contribution >= 0.6 is 0 Å². The molecule has 8 heteroatoms. The summed E-state index contributed by atoms with van der Waals surface area (Å²) in [5.74, 6) is -0.457. The van der Waals surface area contributed by atoms with Crippen LogP contribution in [0.3, 0.4) is 0 Å². The molecule has 0 bridgehead atoms. The number of carbonyl (C=O) groups is 2. The molecule has 0 aliphatic carbocycles. The maximum atomic E-state index is 12.0. The fourth-order valence-electron chi connectivity index (χ4n) is 2.91. The molecule has 0 aliphatic rings. The van der Waals surface area contributed by atoms with Crippen molar-refractivity contribution in [3.05, 3.63) is 53.6 Å². The minimum Gasteiger partial charge on any atom is -0.508 e. The van der Waals surface area contributed by atoms with E-state index in [1.807, 2.05) is 19.1 Å². The zero-order valence-corrected chi connectivity index (χ0v) is 17.2. The summed E-state index contributed by atoms with van der Waals surface area (Å²) in [4.78, 5) is 22.8. The molecule has 2 rings (SSSR count). The van der Waals surface area contributed by atoms with Crippen LogP contribution in [0, 0.1) is 0 Å². The van der Waals surface area contributed by atoms with E-state index in [4.69, 9.17) is 0 Å². The zero-order valence-electron chi connectivity index (χ0n) is 17.2. The Bertz CT molecular complexity index is 854. The average Bonchev–Trinajstić information content (AvgIpc) is 2.69. The van der Waals surface area contributed by atoms with Crippen molar-refractivity contribution in [3.63, 3.8) is 0 Å². The molecular formula is C22H29N3O5. The van der Waals surface area contributed by atoms with Gasteiger partial charge in [0.05, 0.1) is 11.8 Å². The predicted octanol–water partition coefficient (Wildman–Crippen LogP) is 1.82. The Kier molecular flexibility index (Phi) is 8.64. The lowest BCUT2D eigenvalue weighted by atomic mass is 10.1. The van der Waals surface area contributed by atoms with Gasteiger partial charge in [-0.25, -0.2) is 0 Å². The van der Waals surface area contributed by atoms with Crippen LogP contribution in [-0.2, 0) is 16.0 Å². The first-order valence-corrected chi connectivity index (χ1v) is 9.81. The smallest absolute Gasteiger partial charge is 0.226 e. The van der Waals surface area contributed by atoms with E-state index in [-0.39, 0.29) is 48.0 Å². The van der Waals surface area contributed by atoms with Crippen molar-refractivity contribution in [1.82, 2.24) is 10.6 Å². The molecule has 2 amide bonds. The van der Waals surface area contributed by atoms with Gasteiger partial charge in [0.25, 0.3) is 0 Å². The number of rotatable bonds is 10. The number of phenolic OH excluding ortho intramolecular Hbond substituents is 2. The number of aliphatic hydroxyl groups excluding tert-OH is 1. The molecule has 0 fully saturated rings. The maximum Gasteiger partial charge on any atom is 0.226 e. The van der Waals surface area contributed by atoms with Crippen molar-refractivity contribution in [2.45, 2.75) is 38.8 Å².